The van der Waals surface area contributed by atoms with Gasteiger partial charge in [-0.1, -0.05) is 0 Å². The topological polar surface area (TPSA) is 74.2 Å². The summed E-state index contributed by atoms with van der Waals surface area (Å²) in [5.74, 6) is -1.98. The predicted octanol–water partition coefficient (Wildman–Crippen LogP) is 0.219. The van der Waals surface area contributed by atoms with Crippen LogP contribution in [0, 0.1) is 0 Å². The van der Waals surface area contributed by atoms with Crippen LogP contribution in [0.1, 0.15) is 27.7 Å². The van der Waals surface area contributed by atoms with E-state index >= 15 is 0 Å². The van der Waals surface area contributed by atoms with Crippen LogP contribution < -0.4 is 0 Å². The third-order valence-corrected chi connectivity index (χ3v) is 3.00. The van der Waals surface area contributed by atoms with Gasteiger partial charge >= 0.3 is 0 Å². The number of ether oxygens (including phenoxy) is 4. The molecule has 2 aliphatic heterocycles. The monoisotopic (exact) mass is 260 g/mol. The summed E-state index contributed by atoms with van der Waals surface area (Å²) in [5.41, 5.74) is 0. The van der Waals surface area contributed by atoms with Crippen LogP contribution in [0.4, 0.5) is 0 Å². The van der Waals surface area contributed by atoms with Crippen molar-refractivity contribution in [1.82, 2.24) is 0 Å². The van der Waals surface area contributed by atoms with Crippen molar-refractivity contribution >= 4 is 5.78 Å². The molecule has 104 valence electrons. The third kappa shape index (κ3) is 2.89. The molecule has 2 aliphatic rings. The van der Waals surface area contributed by atoms with E-state index in [4.69, 9.17) is 18.9 Å². The summed E-state index contributed by atoms with van der Waals surface area (Å²) < 4.78 is 21.5. The molecule has 0 bridgehead atoms. The molecular weight excluding hydrogens is 240 g/mol. The van der Waals surface area contributed by atoms with Gasteiger partial charge in [-0.25, -0.2) is 0 Å². The van der Waals surface area contributed by atoms with Gasteiger partial charge in [0.05, 0.1) is 13.2 Å². The van der Waals surface area contributed by atoms with Crippen LogP contribution in [0.3, 0.4) is 0 Å². The molecule has 0 aromatic heterocycles. The largest absolute Gasteiger partial charge is 0.382 e. The quantitative estimate of drug-likeness (QED) is 0.782. The van der Waals surface area contributed by atoms with Crippen molar-refractivity contribution < 1.29 is 28.8 Å². The Morgan fingerprint density at radius 2 is 1.67 bits per heavy atom. The number of aliphatic hydroxyl groups excluding tert-OH is 1. The summed E-state index contributed by atoms with van der Waals surface area (Å²) in [6.07, 6.45) is -2.66. The number of hydrogen-bond acceptors (Lipinski definition) is 6. The molecule has 2 heterocycles. The summed E-state index contributed by atoms with van der Waals surface area (Å²) in [7, 11) is 0. The van der Waals surface area contributed by atoms with E-state index in [9.17, 15) is 9.90 Å². The fourth-order valence-corrected chi connectivity index (χ4v) is 2.07. The van der Waals surface area contributed by atoms with Gasteiger partial charge in [-0.2, -0.15) is 0 Å². The first-order valence-corrected chi connectivity index (χ1v) is 6.05. The highest BCUT2D eigenvalue weighted by atomic mass is 16.8. The molecule has 3 atom stereocenters. The summed E-state index contributed by atoms with van der Waals surface area (Å²) in [4.78, 5) is 12.0. The molecule has 0 amide bonds. The lowest BCUT2D eigenvalue weighted by Crippen LogP contribution is -2.43. The Bertz CT molecular complexity index is 337. The molecule has 0 aromatic rings. The molecule has 18 heavy (non-hydrogen) atoms. The van der Waals surface area contributed by atoms with E-state index in [0.717, 1.165) is 0 Å². The minimum atomic E-state index is -1.26. The van der Waals surface area contributed by atoms with Gasteiger partial charge in [0.2, 0.25) is 0 Å². The predicted molar refractivity (Wildman–Crippen MR) is 60.8 cm³/mol. The van der Waals surface area contributed by atoms with Gasteiger partial charge in [-0.3, -0.25) is 4.79 Å². The first-order valence-electron chi connectivity index (χ1n) is 6.05. The molecule has 2 saturated heterocycles. The van der Waals surface area contributed by atoms with E-state index in [-0.39, 0.29) is 13.2 Å². The number of Topliss-reactive ketones (excluding diaryl/α,β-unsaturated/α-hetero) is 1. The van der Waals surface area contributed by atoms with Crippen LogP contribution in [-0.2, 0) is 23.7 Å². The smallest absolute Gasteiger partial charge is 0.195 e. The van der Waals surface area contributed by atoms with E-state index in [1.807, 2.05) is 0 Å². The van der Waals surface area contributed by atoms with E-state index in [1.54, 1.807) is 27.7 Å². The molecule has 0 aliphatic carbocycles. The first kappa shape index (κ1) is 13.9. The molecule has 0 aromatic carbocycles. The van der Waals surface area contributed by atoms with Crippen molar-refractivity contribution in [3.63, 3.8) is 0 Å². The molecular formula is C12H20O6. The summed E-state index contributed by atoms with van der Waals surface area (Å²) in [6, 6.07) is 0. The number of hydrogen-bond donors (Lipinski definition) is 1. The Kier molecular flexibility index (Phi) is 3.50. The fourth-order valence-electron chi connectivity index (χ4n) is 2.07. The Morgan fingerprint density at radius 3 is 2.11 bits per heavy atom. The molecule has 0 saturated carbocycles. The van der Waals surface area contributed by atoms with Gasteiger partial charge in [0, 0.05) is 0 Å². The maximum atomic E-state index is 12.0. The highest BCUT2D eigenvalue weighted by molar-refractivity contribution is 5.88. The molecule has 2 fully saturated rings. The van der Waals surface area contributed by atoms with Crippen LogP contribution in [0.5, 0.6) is 0 Å². The normalized spacial score (nSPS) is 35.6. The van der Waals surface area contributed by atoms with Crippen molar-refractivity contribution in [3.8, 4) is 0 Å². The Morgan fingerprint density at radius 1 is 1.11 bits per heavy atom. The average Bonchev–Trinajstić information content (AvgIpc) is 2.79. The average molecular weight is 260 g/mol. The van der Waals surface area contributed by atoms with Gasteiger partial charge in [-0.15, -0.1) is 0 Å². The molecule has 0 radical (unpaired) electrons. The van der Waals surface area contributed by atoms with E-state index in [1.165, 1.54) is 0 Å². The fraction of sp³-hybridized carbons (Fsp3) is 0.917. The van der Waals surface area contributed by atoms with Gasteiger partial charge < -0.3 is 24.1 Å². The van der Waals surface area contributed by atoms with Gasteiger partial charge in [0.15, 0.2) is 17.4 Å². The summed E-state index contributed by atoms with van der Waals surface area (Å²) >= 11 is 0. The number of ketones is 1. The summed E-state index contributed by atoms with van der Waals surface area (Å²) in [5, 5.41) is 9.99. The van der Waals surface area contributed by atoms with Crippen molar-refractivity contribution in [2.45, 2.75) is 57.6 Å². The van der Waals surface area contributed by atoms with Gasteiger partial charge in [-0.05, 0) is 27.7 Å². The minimum Gasteiger partial charge on any atom is -0.382 e. The van der Waals surface area contributed by atoms with E-state index in [0.29, 0.717) is 0 Å². The van der Waals surface area contributed by atoms with Crippen LogP contribution in [0.15, 0.2) is 0 Å². The Balaban J connectivity index is 1.94. The highest BCUT2D eigenvalue weighted by Crippen LogP contribution is 2.28. The molecule has 0 spiro atoms. The first-order chi connectivity index (χ1) is 8.20. The second kappa shape index (κ2) is 4.54. The lowest BCUT2D eigenvalue weighted by atomic mass is 10.1. The zero-order valence-corrected chi connectivity index (χ0v) is 11.1. The van der Waals surface area contributed by atoms with Crippen molar-refractivity contribution in [2.24, 2.45) is 0 Å². The van der Waals surface area contributed by atoms with Crippen LogP contribution in [0.25, 0.3) is 0 Å². The van der Waals surface area contributed by atoms with Crippen LogP contribution in [-0.4, -0.2) is 54.0 Å². The zero-order chi connectivity index (χ0) is 13.6. The lowest BCUT2D eigenvalue weighted by molar-refractivity contribution is -0.169. The number of aliphatic hydroxyl groups is 1. The number of rotatable bonds is 3. The Labute approximate surface area is 106 Å². The van der Waals surface area contributed by atoms with Crippen LogP contribution >= 0.6 is 0 Å². The number of carbonyl (C=O) groups is 1. The van der Waals surface area contributed by atoms with E-state index in [2.05, 4.69) is 0 Å². The highest BCUT2D eigenvalue weighted by Gasteiger charge is 2.45. The second-order valence-corrected chi connectivity index (χ2v) is 5.53. The molecule has 2 rings (SSSR count). The van der Waals surface area contributed by atoms with Gasteiger partial charge in [0.25, 0.3) is 0 Å². The minimum absolute atomic E-state index is 0.153. The Hall–Kier alpha value is -0.530. The van der Waals surface area contributed by atoms with E-state index < -0.39 is 35.7 Å². The maximum absolute atomic E-state index is 12.0. The van der Waals surface area contributed by atoms with Crippen molar-refractivity contribution in [2.75, 3.05) is 13.2 Å². The third-order valence-electron chi connectivity index (χ3n) is 3.00. The van der Waals surface area contributed by atoms with Gasteiger partial charge in [0.1, 0.15) is 18.3 Å². The second-order valence-electron chi connectivity index (χ2n) is 5.53. The van der Waals surface area contributed by atoms with Crippen molar-refractivity contribution in [3.05, 3.63) is 0 Å². The zero-order valence-electron chi connectivity index (χ0n) is 11.1. The lowest BCUT2D eigenvalue weighted by Gasteiger charge is -2.22. The van der Waals surface area contributed by atoms with Crippen molar-refractivity contribution in [1.29, 1.82) is 0 Å². The molecule has 0 unspecified atom stereocenters. The number of carbonyl (C=O) groups excluding carboxylic acids is 1. The standard InChI is InChI=1S/C12H20O6/c1-11(2)15-5-7(17-11)9(13)10(14)8-6-16-12(3,4)18-8/h7-9,13H,5-6H2,1-4H3/t7-,8+,9-/m1/s1. The summed E-state index contributed by atoms with van der Waals surface area (Å²) in [6.45, 7) is 7.28. The molecule has 1 N–H and O–H groups in total. The molecule has 6 heteroatoms. The molecule has 6 nitrogen and oxygen atoms in total. The maximum Gasteiger partial charge on any atom is 0.195 e. The SMILES string of the molecule is CC1(C)OC[C@@H](C(=O)[C@H](O)[C@H]2COC(C)(C)O2)O1. The van der Waals surface area contributed by atoms with Crippen LogP contribution in [0.2, 0.25) is 0 Å².